The van der Waals surface area contributed by atoms with E-state index in [1.807, 2.05) is 12.1 Å². The van der Waals surface area contributed by atoms with Gasteiger partial charge in [0.1, 0.15) is 0 Å². The van der Waals surface area contributed by atoms with Crippen LogP contribution in [0.2, 0.25) is 0 Å². The molecule has 1 aliphatic carbocycles. The summed E-state index contributed by atoms with van der Waals surface area (Å²) >= 11 is 0. The van der Waals surface area contributed by atoms with Gasteiger partial charge in [0.05, 0.1) is 5.56 Å². The first-order valence-corrected chi connectivity index (χ1v) is 10.2. The van der Waals surface area contributed by atoms with Gasteiger partial charge in [-0.15, -0.1) is 0 Å². The summed E-state index contributed by atoms with van der Waals surface area (Å²) in [5, 5.41) is 9.36. The normalized spacial score (nSPS) is 20.7. The molecule has 1 aromatic carbocycles. The van der Waals surface area contributed by atoms with Crippen molar-refractivity contribution in [2.75, 3.05) is 13.1 Å². The van der Waals surface area contributed by atoms with Gasteiger partial charge in [-0.25, -0.2) is 4.79 Å². The first-order chi connectivity index (χ1) is 12.6. The number of hydrogen-bond donors (Lipinski definition) is 1. The SMILES string of the molecule is CCC1(C(=O)N2CCC(Cc3ccccc3C(=O)O)CC2)CCCCC1. The summed E-state index contributed by atoms with van der Waals surface area (Å²) in [5.41, 5.74) is 1.22. The quantitative estimate of drug-likeness (QED) is 0.842. The minimum absolute atomic E-state index is 0.110. The number of carbonyl (C=O) groups excluding carboxylic acids is 1. The van der Waals surface area contributed by atoms with Crippen molar-refractivity contribution in [1.82, 2.24) is 4.90 Å². The molecule has 4 nitrogen and oxygen atoms in total. The number of aromatic carboxylic acids is 1. The molecule has 4 heteroatoms. The number of benzene rings is 1. The van der Waals surface area contributed by atoms with Crippen LogP contribution in [0.5, 0.6) is 0 Å². The Hall–Kier alpha value is -1.84. The largest absolute Gasteiger partial charge is 0.478 e. The lowest BCUT2D eigenvalue weighted by Crippen LogP contribution is -2.48. The van der Waals surface area contributed by atoms with E-state index in [-0.39, 0.29) is 5.41 Å². The fourth-order valence-corrected chi connectivity index (χ4v) is 4.84. The molecular weight excluding hydrogens is 326 g/mol. The molecule has 0 unspecified atom stereocenters. The van der Waals surface area contributed by atoms with Gasteiger partial charge in [0, 0.05) is 18.5 Å². The summed E-state index contributed by atoms with van der Waals surface area (Å²) in [5.74, 6) is -0.0111. The predicted octanol–water partition coefficient (Wildman–Crippen LogP) is 4.53. The second-order valence-electron chi connectivity index (χ2n) is 8.10. The maximum atomic E-state index is 13.2. The van der Waals surface area contributed by atoms with Crippen LogP contribution in [0.4, 0.5) is 0 Å². The van der Waals surface area contributed by atoms with E-state index in [0.717, 1.165) is 57.2 Å². The zero-order valence-electron chi connectivity index (χ0n) is 15.9. The Bertz CT molecular complexity index is 641. The van der Waals surface area contributed by atoms with Crippen LogP contribution in [-0.4, -0.2) is 35.0 Å². The first-order valence-electron chi connectivity index (χ1n) is 10.2. The van der Waals surface area contributed by atoms with Gasteiger partial charge >= 0.3 is 5.97 Å². The van der Waals surface area contributed by atoms with Crippen LogP contribution < -0.4 is 0 Å². The third-order valence-corrected chi connectivity index (χ3v) is 6.60. The molecule has 0 atom stereocenters. The predicted molar refractivity (Wildman–Crippen MR) is 102 cm³/mol. The van der Waals surface area contributed by atoms with Crippen LogP contribution in [0.25, 0.3) is 0 Å². The van der Waals surface area contributed by atoms with Crippen molar-refractivity contribution in [2.45, 2.75) is 64.7 Å². The molecule has 2 fully saturated rings. The highest BCUT2D eigenvalue weighted by atomic mass is 16.4. The molecule has 1 amide bonds. The van der Waals surface area contributed by atoms with Crippen molar-refractivity contribution in [3.63, 3.8) is 0 Å². The van der Waals surface area contributed by atoms with Gasteiger partial charge < -0.3 is 10.0 Å². The maximum Gasteiger partial charge on any atom is 0.335 e. The second-order valence-corrected chi connectivity index (χ2v) is 8.10. The number of carboxylic acids is 1. The van der Waals surface area contributed by atoms with Gasteiger partial charge in [0.15, 0.2) is 0 Å². The van der Waals surface area contributed by atoms with Crippen LogP contribution in [0.3, 0.4) is 0 Å². The Morgan fingerprint density at radius 3 is 2.38 bits per heavy atom. The summed E-state index contributed by atoms with van der Waals surface area (Å²) in [6, 6.07) is 7.30. The van der Waals surface area contributed by atoms with Crippen molar-refractivity contribution in [3.8, 4) is 0 Å². The van der Waals surface area contributed by atoms with Crippen molar-refractivity contribution in [2.24, 2.45) is 11.3 Å². The summed E-state index contributed by atoms with van der Waals surface area (Å²) in [4.78, 5) is 26.6. The van der Waals surface area contributed by atoms with Crippen molar-refractivity contribution >= 4 is 11.9 Å². The van der Waals surface area contributed by atoms with E-state index in [0.29, 0.717) is 17.4 Å². The first kappa shape index (κ1) is 18.9. The molecule has 0 radical (unpaired) electrons. The fraction of sp³-hybridized carbons (Fsp3) is 0.636. The molecule has 3 rings (SSSR count). The van der Waals surface area contributed by atoms with Crippen LogP contribution in [0, 0.1) is 11.3 Å². The highest BCUT2D eigenvalue weighted by Gasteiger charge is 2.41. The Morgan fingerprint density at radius 1 is 1.12 bits per heavy atom. The number of nitrogens with zero attached hydrogens (tertiary/aromatic N) is 1. The topological polar surface area (TPSA) is 57.6 Å². The standard InChI is InChI=1S/C22H31NO3/c1-2-22(12-6-3-7-13-22)21(26)23-14-10-17(11-15-23)16-18-8-4-5-9-19(18)20(24)25/h4-5,8-9,17H,2-3,6-7,10-16H2,1H3,(H,24,25). The molecule has 0 aromatic heterocycles. The summed E-state index contributed by atoms with van der Waals surface area (Å²) in [7, 11) is 0. The minimum atomic E-state index is -0.851. The Morgan fingerprint density at radius 2 is 1.77 bits per heavy atom. The Balaban J connectivity index is 1.59. The van der Waals surface area contributed by atoms with Crippen LogP contribution >= 0.6 is 0 Å². The van der Waals surface area contributed by atoms with E-state index in [1.165, 1.54) is 19.3 Å². The molecule has 142 valence electrons. The third kappa shape index (κ3) is 3.94. The lowest BCUT2D eigenvalue weighted by atomic mass is 9.71. The number of carbonyl (C=O) groups is 2. The van der Waals surface area contributed by atoms with Gasteiger partial charge in [0.25, 0.3) is 0 Å². The molecule has 1 aromatic rings. The van der Waals surface area contributed by atoms with E-state index in [4.69, 9.17) is 0 Å². The van der Waals surface area contributed by atoms with E-state index in [2.05, 4.69) is 11.8 Å². The molecule has 2 aliphatic rings. The highest BCUT2D eigenvalue weighted by Crippen LogP contribution is 2.41. The zero-order valence-corrected chi connectivity index (χ0v) is 15.9. The van der Waals surface area contributed by atoms with Crippen LogP contribution in [0.15, 0.2) is 24.3 Å². The monoisotopic (exact) mass is 357 g/mol. The summed E-state index contributed by atoms with van der Waals surface area (Å²) in [6.07, 6.45) is 9.42. The van der Waals surface area contributed by atoms with Gasteiger partial charge in [-0.2, -0.15) is 0 Å². The van der Waals surface area contributed by atoms with E-state index < -0.39 is 5.97 Å². The summed E-state index contributed by atoms with van der Waals surface area (Å²) in [6.45, 7) is 3.81. The maximum absolute atomic E-state index is 13.2. The Kier molecular flexibility index (Phi) is 6.00. The summed E-state index contributed by atoms with van der Waals surface area (Å²) < 4.78 is 0. The minimum Gasteiger partial charge on any atom is -0.478 e. The number of amides is 1. The number of carboxylic acid groups (broad SMARTS) is 1. The van der Waals surface area contributed by atoms with E-state index >= 15 is 0 Å². The molecule has 1 saturated heterocycles. The smallest absolute Gasteiger partial charge is 0.335 e. The Labute approximate surface area is 156 Å². The average Bonchev–Trinajstić information content (AvgIpc) is 2.69. The lowest BCUT2D eigenvalue weighted by Gasteiger charge is -2.42. The second kappa shape index (κ2) is 8.24. The third-order valence-electron chi connectivity index (χ3n) is 6.60. The molecule has 26 heavy (non-hydrogen) atoms. The molecular formula is C22H31NO3. The van der Waals surface area contributed by atoms with Crippen LogP contribution in [0.1, 0.15) is 74.2 Å². The molecule has 1 N–H and O–H groups in total. The van der Waals surface area contributed by atoms with E-state index in [9.17, 15) is 14.7 Å². The highest BCUT2D eigenvalue weighted by molar-refractivity contribution is 5.89. The van der Waals surface area contributed by atoms with Crippen molar-refractivity contribution in [1.29, 1.82) is 0 Å². The molecule has 1 heterocycles. The van der Waals surface area contributed by atoms with Gasteiger partial charge in [0.2, 0.25) is 5.91 Å². The number of likely N-dealkylation sites (tertiary alicyclic amines) is 1. The zero-order chi connectivity index (χ0) is 18.6. The number of rotatable bonds is 5. The van der Waals surface area contributed by atoms with Gasteiger partial charge in [-0.1, -0.05) is 44.4 Å². The molecule has 1 saturated carbocycles. The average molecular weight is 357 g/mol. The fourth-order valence-electron chi connectivity index (χ4n) is 4.84. The van der Waals surface area contributed by atoms with Gasteiger partial charge in [-0.3, -0.25) is 4.79 Å². The van der Waals surface area contributed by atoms with Crippen molar-refractivity contribution in [3.05, 3.63) is 35.4 Å². The van der Waals surface area contributed by atoms with Crippen LogP contribution in [-0.2, 0) is 11.2 Å². The van der Waals surface area contributed by atoms with Crippen molar-refractivity contribution < 1.29 is 14.7 Å². The molecule has 0 spiro atoms. The molecule has 0 bridgehead atoms. The number of piperidine rings is 1. The molecule has 1 aliphatic heterocycles. The number of hydrogen-bond acceptors (Lipinski definition) is 2. The lowest BCUT2D eigenvalue weighted by molar-refractivity contribution is -0.146. The van der Waals surface area contributed by atoms with Gasteiger partial charge in [-0.05, 0) is 56.1 Å². The van der Waals surface area contributed by atoms with E-state index in [1.54, 1.807) is 12.1 Å².